The second-order valence-electron chi connectivity index (χ2n) is 11.7. The molecule has 12 nitrogen and oxygen atoms in total. The number of ether oxygens (including phenoxy) is 1. The molecule has 42 heavy (non-hydrogen) atoms. The molecule has 4 bridgehead atoms. The van der Waals surface area contributed by atoms with E-state index in [1.165, 1.54) is 12.1 Å². The summed E-state index contributed by atoms with van der Waals surface area (Å²) in [4.78, 5) is 18.9. The number of nitrogens with one attached hydrogen (secondary N) is 1. The van der Waals surface area contributed by atoms with Crippen molar-refractivity contribution in [2.45, 2.75) is 38.4 Å². The van der Waals surface area contributed by atoms with E-state index in [2.05, 4.69) is 80.7 Å². The molecule has 1 fully saturated rings. The van der Waals surface area contributed by atoms with E-state index in [-0.39, 0.29) is 6.04 Å². The number of likely N-dealkylation sites (N-methyl/N-ethyl adjacent to an activating group) is 1. The van der Waals surface area contributed by atoms with Crippen LogP contribution in [0.15, 0.2) is 42.9 Å². The fourth-order valence-electron chi connectivity index (χ4n) is 6.07. The lowest BCUT2D eigenvalue weighted by molar-refractivity contribution is 0.260. The Morgan fingerprint density at radius 2 is 1.95 bits per heavy atom. The summed E-state index contributed by atoms with van der Waals surface area (Å²) in [6.07, 6.45) is 7.35. The molecule has 12 heteroatoms. The highest BCUT2D eigenvalue weighted by Gasteiger charge is 2.26. The van der Waals surface area contributed by atoms with Crippen molar-refractivity contribution in [3.63, 3.8) is 0 Å². The molecule has 1 saturated heterocycles. The maximum Gasteiger partial charge on any atom is 0.222 e. The first-order valence-electron chi connectivity index (χ1n) is 14.5. The fraction of sp³-hybridized carbons (Fsp3) is 0.433. The summed E-state index contributed by atoms with van der Waals surface area (Å²) in [7, 11) is 8.35. The van der Waals surface area contributed by atoms with Crippen LogP contribution in [0.25, 0.3) is 33.7 Å². The van der Waals surface area contributed by atoms with E-state index in [1.807, 2.05) is 19.3 Å². The van der Waals surface area contributed by atoms with Gasteiger partial charge in [0.15, 0.2) is 5.82 Å². The first-order valence-corrected chi connectivity index (χ1v) is 14.5. The SMILES string of the molecule is C[C@H]1CCOc2c(cnn2C)-c2nccc(n2)Nc2cc3c(cn2)c(-c2ccc(CN4CC[C@@H](N(C)C)C4)n2C)nn31. The van der Waals surface area contributed by atoms with Crippen molar-refractivity contribution in [3.05, 3.63) is 48.5 Å². The molecule has 0 saturated carbocycles. The lowest BCUT2D eigenvalue weighted by Crippen LogP contribution is -2.31. The Kier molecular flexibility index (Phi) is 6.66. The number of nitrogens with zero attached hydrogens (tertiary/aromatic N) is 10. The van der Waals surface area contributed by atoms with Crippen molar-refractivity contribution in [1.82, 2.24) is 48.9 Å². The molecule has 7 heterocycles. The van der Waals surface area contributed by atoms with Gasteiger partial charge < -0.3 is 19.5 Å². The third kappa shape index (κ3) is 4.70. The summed E-state index contributed by atoms with van der Waals surface area (Å²) in [5, 5.41) is 14.0. The van der Waals surface area contributed by atoms with E-state index in [1.54, 1.807) is 17.1 Å². The Balaban J connectivity index is 1.25. The van der Waals surface area contributed by atoms with Gasteiger partial charge in [-0.25, -0.2) is 19.6 Å². The summed E-state index contributed by atoms with van der Waals surface area (Å²) >= 11 is 0. The molecule has 7 rings (SSSR count). The normalized spacial score (nSPS) is 19.2. The zero-order valence-corrected chi connectivity index (χ0v) is 24.8. The first kappa shape index (κ1) is 26.6. The molecule has 2 aliphatic rings. The van der Waals surface area contributed by atoms with E-state index in [0.29, 0.717) is 36.0 Å². The van der Waals surface area contributed by atoms with Gasteiger partial charge in [-0.1, -0.05) is 0 Å². The molecule has 0 radical (unpaired) electrons. The highest BCUT2D eigenvalue weighted by molar-refractivity contribution is 5.93. The summed E-state index contributed by atoms with van der Waals surface area (Å²) in [6, 6.07) is 9.01. The van der Waals surface area contributed by atoms with E-state index in [4.69, 9.17) is 19.8 Å². The Hall–Kier alpha value is -4.29. The Morgan fingerprint density at radius 1 is 1.07 bits per heavy atom. The first-order chi connectivity index (χ1) is 20.4. The van der Waals surface area contributed by atoms with Gasteiger partial charge in [-0.2, -0.15) is 10.2 Å². The molecule has 2 aliphatic heterocycles. The zero-order valence-electron chi connectivity index (χ0n) is 24.8. The van der Waals surface area contributed by atoms with Gasteiger partial charge in [0.1, 0.15) is 22.9 Å². The van der Waals surface area contributed by atoms with E-state index >= 15 is 0 Å². The van der Waals surface area contributed by atoms with Crippen molar-refractivity contribution in [3.8, 4) is 28.7 Å². The van der Waals surface area contributed by atoms with Crippen LogP contribution in [0.2, 0.25) is 0 Å². The Morgan fingerprint density at radius 3 is 2.79 bits per heavy atom. The topological polar surface area (TPSA) is 107 Å². The van der Waals surface area contributed by atoms with E-state index in [0.717, 1.165) is 53.9 Å². The van der Waals surface area contributed by atoms with Crippen molar-refractivity contribution in [1.29, 1.82) is 0 Å². The molecule has 2 atom stereocenters. The predicted molar refractivity (Wildman–Crippen MR) is 162 cm³/mol. The number of anilines is 2. The maximum atomic E-state index is 6.26. The number of hydrogen-bond acceptors (Lipinski definition) is 9. The van der Waals surface area contributed by atoms with Crippen LogP contribution in [-0.2, 0) is 20.6 Å². The number of hydrogen-bond donors (Lipinski definition) is 1. The molecular weight excluding hydrogens is 530 g/mol. The molecule has 0 aromatic carbocycles. The van der Waals surface area contributed by atoms with Crippen LogP contribution in [0.3, 0.4) is 0 Å². The minimum absolute atomic E-state index is 0.0810. The van der Waals surface area contributed by atoms with Gasteiger partial charge in [0.2, 0.25) is 5.88 Å². The highest BCUT2D eigenvalue weighted by Crippen LogP contribution is 2.34. The molecule has 218 valence electrons. The van der Waals surface area contributed by atoms with Crippen molar-refractivity contribution >= 4 is 22.5 Å². The zero-order chi connectivity index (χ0) is 29.0. The van der Waals surface area contributed by atoms with Gasteiger partial charge in [-0.3, -0.25) is 9.58 Å². The van der Waals surface area contributed by atoms with Crippen LogP contribution in [-0.4, -0.2) is 88.7 Å². The van der Waals surface area contributed by atoms with Gasteiger partial charge in [-0.15, -0.1) is 0 Å². The van der Waals surface area contributed by atoms with Crippen molar-refractivity contribution in [2.75, 3.05) is 39.1 Å². The van der Waals surface area contributed by atoms with Crippen LogP contribution in [0, 0.1) is 0 Å². The molecular formula is C30H37N11O. The molecule has 0 aliphatic carbocycles. The predicted octanol–water partition coefficient (Wildman–Crippen LogP) is 3.85. The number of aromatic nitrogens is 8. The summed E-state index contributed by atoms with van der Waals surface area (Å²) < 4.78 is 12.4. The molecule has 0 amide bonds. The molecule has 0 spiro atoms. The highest BCUT2D eigenvalue weighted by atomic mass is 16.5. The number of pyridine rings is 1. The minimum Gasteiger partial charge on any atom is -0.477 e. The monoisotopic (exact) mass is 567 g/mol. The van der Waals surface area contributed by atoms with Crippen molar-refractivity contribution in [2.24, 2.45) is 14.1 Å². The van der Waals surface area contributed by atoms with Gasteiger partial charge in [-0.05, 0) is 45.6 Å². The Labute approximate surface area is 244 Å². The number of rotatable bonds is 4. The molecule has 5 aromatic heterocycles. The van der Waals surface area contributed by atoms with Gasteiger partial charge >= 0.3 is 0 Å². The quantitative estimate of drug-likeness (QED) is 0.347. The maximum absolute atomic E-state index is 6.26. The number of aryl methyl sites for hydroxylation is 1. The Bertz CT molecular complexity index is 1750. The van der Waals surface area contributed by atoms with Crippen LogP contribution >= 0.6 is 0 Å². The number of fused-ring (bicyclic) bond motifs is 5. The summed E-state index contributed by atoms with van der Waals surface area (Å²) in [5.74, 6) is 2.53. The van der Waals surface area contributed by atoms with Gasteiger partial charge in [0, 0.05) is 75.7 Å². The fourth-order valence-corrected chi connectivity index (χ4v) is 6.07. The molecule has 0 unspecified atom stereocenters. The lowest BCUT2D eigenvalue weighted by Gasteiger charge is -2.20. The van der Waals surface area contributed by atoms with Crippen molar-refractivity contribution < 1.29 is 4.74 Å². The average molecular weight is 568 g/mol. The van der Waals surface area contributed by atoms with Gasteiger partial charge in [0.05, 0.1) is 30.1 Å². The second-order valence-corrected chi connectivity index (χ2v) is 11.7. The van der Waals surface area contributed by atoms with Crippen LogP contribution in [0.4, 0.5) is 11.6 Å². The summed E-state index contributed by atoms with van der Waals surface area (Å²) in [5.41, 5.74) is 5.06. The second kappa shape index (κ2) is 10.5. The van der Waals surface area contributed by atoms with Gasteiger partial charge in [0.25, 0.3) is 0 Å². The largest absolute Gasteiger partial charge is 0.477 e. The molecule has 1 N–H and O–H groups in total. The van der Waals surface area contributed by atoms with E-state index in [9.17, 15) is 0 Å². The molecule has 5 aromatic rings. The van der Waals surface area contributed by atoms with Crippen LogP contribution in [0.1, 0.15) is 31.5 Å². The third-order valence-corrected chi connectivity index (χ3v) is 8.65. The lowest BCUT2D eigenvalue weighted by atomic mass is 10.2. The summed E-state index contributed by atoms with van der Waals surface area (Å²) in [6.45, 7) is 5.82. The standard InChI is InChI=1S/C30H37N11O/c1-19-10-13-42-30-23(16-33-39(30)5)29-31-11-8-26(35-29)34-27-14-25-22(15-32-27)28(36-41(19)25)24-7-6-21(38(24)4)18-40-12-9-20(17-40)37(2)3/h6-8,11,14-16,19-20H,9-10,12-13,17-18H2,1-5H3,(H,31,32,34,35)/t19-,20+/m0/s1. The third-order valence-electron chi connectivity index (χ3n) is 8.65. The smallest absolute Gasteiger partial charge is 0.222 e. The van der Waals surface area contributed by atoms with Crippen LogP contribution in [0.5, 0.6) is 5.88 Å². The number of likely N-dealkylation sites (tertiary alicyclic amines) is 1. The minimum atomic E-state index is 0.0810. The average Bonchev–Trinajstić information content (AvgIpc) is 3.75. The van der Waals surface area contributed by atoms with E-state index < -0.39 is 0 Å². The van der Waals surface area contributed by atoms with Crippen LogP contribution < -0.4 is 10.1 Å².